The molecule has 19 heavy (non-hydrogen) atoms. The van der Waals surface area contributed by atoms with Crippen molar-refractivity contribution in [3.8, 4) is 0 Å². The normalized spacial score (nSPS) is 11.9. The number of carbonyl (C=O) groups excluding carboxylic acids is 1. The summed E-state index contributed by atoms with van der Waals surface area (Å²) >= 11 is 0. The van der Waals surface area contributed by atoms with Gasteiger partial charge in [0.1, 0.15) is 11.5 Å². The van der Waals surface area contributed by atoms with Crippen LogP contribution in [0.2, 0.25) is 0 Å². The summed E-state index contributed by atoms with van der Waals surface area (Å²) in [6.45, 7) is 5.46. The number of amides is 1. The molecule has 0 spiro atoms. The molecule has 1 rings (SSSR count). The van der Waals surface area contributed by atoms with Gasteiger partial charge in [-0.1, -0.05) is 6.92 Å². The van der Waals surface area contributed by atoms with Crippen molar-refractivity contribution < 1.29 is 9.53 Å². The minimum atomic E-state index is -0.210. The molecule has 0 saturated heterocycles. The van der Waals surface area contributed by atoms with Crippen molar-refractivity contribution in [3.05, 3.63) is 18.1 Å². The number of rotatable bonds is 8. The number of nitrogens with zero attached hydrogens (tertiary/aromatic N) is 2. The van der Waals surface area contributed by atoms with Crippen molar-refractivity contribution in [2.75, 3.05) is 25.6 Å². The molecule has 6 nitrogen and oxygen atoms in total. The van der Waals surface area contributed by atoms with Crippen LogP contribution >= 0.6 is 0 Å². The number of methoxy groups -OCH3 is 1. The van der Waals surface area contributed by atoms with Crippen LogP contribution in [0.3, 0.4) is 0 Å². The Balaban J connectivity index is 2.48. The van der Waals surface area contributed by atoms with E-state index in [0.29, 0.717) is 18.1 Å². The first-order valence-corrected chi connectivity index (χ1v) is 6.53. The Morgan fingerprint density at radius 2 is 2.21 bits per heavy atom. The lowest BCUT2D eigenvalue weighted by Crippen LogP contribution is -2.33. The summed E-state index contributed by atoms with van der Waals surface area (Å²) in [4.78, 5) is 20.1. The highest BCUT2D eigenvalue weighted by Gasteiger charge is 2.11. The van der Waals surface area contributed by atoms with Crippen molar-refractivity contribution in [2.45, 2.75) is 32.7 Å². The van der Waals surface area contributed by atoms with E-state index in [9.17, 15) is 4.79 Å². The lowest BCUT2D eigenvalue weighted by atomic mass is 10.2. The van der Waals surface area contributed by atoms with Crippen molar-refractivity contribution in [2.24, 2.45) is 0 Å². The highest BCUT2D eigenvalue weighted by atomic mass is 16.5. The molecule has 1 heterocycles. The first-order valence-electron chi connectivity index (χ1n) is 6.53. The first kappa shape index (κ1) is 15.4. The second-order valence-electron chi connectivity index (χ2n) is 4.37. The van der Waals surface area contributed by atoms with Crippen LogP contribution in [0, 0.1) is 0 Å². The number of aromatic nitrogens is 2. The molecule has 0 aliphatic heterocycles. The predicted molar refractivity (Wildman–Crippen MR) is 74.2 cm³/mol. The van der Waals surface area contributed by atoms with Crippen LogP contribution in [-0.4, -0.2) is 42.2 Å². The standard InChI is InChI=1S/C13H22N4O2/c1-4-6-14-12-9-15-11(8-16-12)13(18)17-10(2)5-7-19-3/h8-10H,4-7H2,1-3H3,(H,14,16)(H,17,18). The fourth-order valence-electron chi connectivity index (χ4n) is 1.45. The van der Waals surface area contributed by atoms with Gasteiger partial charge in [-0.3, -0.25) is 4.79 Å². The Labute approximate surface area is 114 Å². The highest BCUT2D eigenvalue weighted by Crippen LogP contribution is 2.02. The van der Waals surface area contributed by atoms with Gasteiger partial charge in [0.15, 0.2) is 0 Å². The number of hydrogen-bond acceptors (Lipinski definition) is 5. The van der Waals surface area contributed by atoms with Gasteiger partial charge in [0.25, 0.3) is 5.91 Å². The van der Waals surface area contributed by atoms with E-state index in [4.69, 9.17) is 4.74 Å². The third kappa shape index (κ3) is 5.65. The van der Waals surface area contributed by atoms with Crippen LogP contribution in [0.4, 0.5) is 5.82 Å². The summed E-state index contributed by atoms with van der Waals surface area (Å²) in [5.41, 5.74) is 0.325. The largest absolute Gasteiger partial charge is 0.385 e. The maximum atomic E-state index is 11.9. The Bertz CT molecular complexity index is 381. The fourth-order valence-corrected chi connectivity index (χ4v) is 1.45. The minimum absolute atomic E-state index is 0.0483. The summed E-state index contributed by atoms with van der Waals surface area (Å²) in [6, 6.07) is 0.0483. The molecule has 2 N–H and O–H groups in total. The van der Waals surface area contributed by atoms with Crippen LogP contribution in [0.25, 0.3) is 0 Å². The predicted octanol–water partition coefficient (Wildman–Crippen LogP) is 1.45. The average molecular weight is 266 g/mol. The average Bonchev–Trinajstić information content (AvgIpc) is 2.43. The molecular formula is C13H22N4O2. The molecule has 0 radical (unpaired) electrons. The first-order chi connectivity index (χ1) is 9.17. The van der Waals surface area contributed by atoms with Gasteiger partial charge in [0.2, 0.25) is 0 Å². The molecule has 0 bridgehead atoms. The second-order valence-corrected chi connectivity index (χ2v) is 4.37. The smallest absolute Gasteiger partial charge is 0.271 e. The maximum absolute atomic E-state index is 11.9. The van der Waals surface area contributed by atoms with Gasteiger partial charge in [-0.25, -0.2) is 9.97 Å². The molecule has 1 aromatic rings. The van der Waals surface area contributed by atoms with Crippen LogP contribution in [-0.2, 0) is 4.74 Å². The van der Waals surface area contributed by atoms with Gasteiger partial charge < -0.3 is 15.4 Å². The van der Waals surface area contributed by atoms with Crippen LogP contribution in [0.5, 0.6) is 0 Å². The molecule has 0 aliphatic carbocycles. The molecule has 1 atom stereocenters. The van der Waals surface area contributed by atoms with Gasteiger partial charge in [-0.15, -0.1) is 0 Å². The molecular weight excluding hydrogens is 244 g/mol. The van der Waals surface area contributed by atoms with E-state index in [-0.39, 0.29) is 11.9 Å². The van der Waals surface area contributed by atoms with Crippen molar-refractivity contribution in [3.63, 3.8) is 0 Å². The quantitative estimate of drug-likeness (QED) is 0.745. The van der Waals surface area contributed by atoms with Gasteiger partial charge >= 0.3 is 0 Å². The van der Waals surface area contributed by atoms with E-state index in [1.165, 1.54) is 6.20 Å². The second kappa shape index (κ2) is 8.42. The molecule has 0 aliphatic rings. The molecule has 1 aromatic heterocycles. The Hall–Kier alpha value is -1.69. The molecule has 1 amide bonds. The SMILES string of the molecule is CCCNc1cnc(C(=O)NC(C)CCOC)cn1. The van der Waals surface area contributed by atoms with E-state index >= 15 is 0 Å². The topological polar surface area (TPSA) is 76.1 Å². The van der Waals surface area contributed by atoms with E-state index in [2.05, 4.69) is 27.5 Å². The van der Waals surface area contributed by atoms with Crippen molar-refractivity contribution in [1.82, 2.24) is 15.3 Å². The van der Waals surface area contributed by atoms with Gasteiger partial charge in [-0.2, -0.15) is 0 Å². The van der Waals surface area contributed by atoms with Crippen molar-refractivity contribution in [1.29, 1.82) is 0 Å². The number of carbonyl (C=O) groups is 1. The minimum Gasteiger partial charge on any atom is -0.385 e. The lowest BCUT2D eigenvalue weighted by Gasteiger charge is -2.12. The van der Waals surface area contributed by atoms with Crippen LogP contribution in [0.1, 0.15) is 37.2 Å². The molecule has 6 heteroatoms. The highest BCUT2D eigenvalue weighted by molar-refractivity contribution is 5.92. The number of ether oxygens (including phenoxy) is 1. The van der Waals surface area contributed by atoms with Gasteiger partial charge in [0, 0.05) is 26.3 Å². The van der Waals surface area contributed by atoms with Crippen molar-refractivity contribution >= 4 is 11.7 Å². The van der Waals surface area contributed by atoms with Gasteiger partial charge in [0.05, 0.1) is 12.4 Å². The summed E-state index contributed by atoms with van der Waals surface area (Å²) in [5.74, 6) is 0.476. The molecule has 106 valence electrons. The van der Waals surface area contributed by atoms with E-state index < -0.39 is 0 Å². The molecule has 0 aromatic carbocycles. The molecule has 1 unspecified atom stereocenters. The zero-order chi connectivity index (χ0) is 14.1. The van der Waals surface area contributed by atoms with Crippen LogP contribution < -0.4 is 10.6 Å². The zero-order valence-corrected chi connectivity index (χ0v) is 11.8. The Kier molecular flexibility index (Phi) is 6.81. The van der Waals surface area contributed by atoms with E-state index in [1.54, 1.807) is 13.3 Å². The zero-order valence-electron chi connectivity index (χ0n) is 11.8. The van der Waals surface area contributed by atoms with Gasteiger partial charge in [-0.05, 0) is 19.8 Å². The summed E-state index contributed by atoms with van der Waals surface area (Å²) in [6.07, 6.45) is 4.84. The third-order valence-corrected chi connectivity index (χ3v) is 2.57. The Morgan fingerprint density at radius 3 is 2.79 bits per heavy atom. The Morgan fingerprint density at radius 1 is 1.42 bits per heavy atom. The lowest BCUT2D eigenvalue weighted by molar-refractivity contribution is 0.0924. The molecule has 0 saturated carbocycles. The van der Waals surface area contributed by atoms with E-state index in [0.717, 1.165) is 19.4 Å². The number of nitrogens with one attached hydrogen (secondary N) is 2. The molecule has 0 fully saturated rings. The monoisotopic (exact) mass is 266 g/mol. The van der Waals surface area contributed by atoms with Crippen LogP contribution in [0.15, 0.2) is 12.4 Å². The summed E-state index contributed by atoms with van der Waals surface area (Å²) < 4.78 is 4.97. The third-order valence-electron chi connectivity index (χ3n) is 2.57. The maximum Gasteiger partial charge on any atom is 0.271 e. The van der Waals surface area contributed by atoms with E-state index in [1.807, 2.05) is 6.92 Å². The number of anilines is 1. The summed E-state index contributed by atoms with van der Waals surface area (Å²) in [5, 5.41) is 5.96. The fraction of sp³-hybridized carbons (Fsp3) is 0.615. The summed E-state index contributed by atoms with van der Waals surface area (Å²) in [7, 11) is 1.64. The number of hydrogen-bond donors (Lipinski definition) is 2.